The molecule has 3 rings (SSSR count). The van der Waals surface area contributed by atoms with Crippen molar-refractivity contribution in [3.63, 3.8) is 0 Å². The second kappa shape index (κ2) is 7.84. The fraction of sp³-hybridized carbons (Fsp3) is 0.529. The van der Waals surface area contributed by atoms with E-state index < -0.39 is 0 Å². The van der Waals surface area contributed by atoms with Crippen molar-refractivity contribution in [2.75, 3.05) is 36.0 Å². The molecule has 1 atom stereocenters. The van der Waals surface area contributed by atoms with Gasteiger partial charge in [-0.3, -0.25) is 9.59 Å². The van der Waals surface area contributed by atoms with Gasteiger partial charge in [0.25, 0.3) is 0 Å². The number of benzene rings is 1. The van der Waals surface area contributed by atoms with Crippen LogP contribution in [0.2, 0.25) is 0 Å². The summed E-state index contributed by atoms with van der Waals surface area (Å²) in [5.74, 6) is 1.98. The van der Waals surface area contributed by atoms with Gasteiger partial charge < -0.3 is 15.5 Å². The molecule has 2 amide bonds. The molecule has 1 fully saturated rings. The highest BCUT2D eigenvalue weighted by atomic mass is 32.2. The van der Waals surface area contributed by atoms with Crippen LogP contribution in [0.25, 0.3) is 0 Å². The summed E-state index contributed by atoms with van der Waals surface area (Å²) in [4.78, 5) is 26.3. The fourth-order valence-electron chi connectivity index (χ4n) is 3.11. The summed E-state index contributed by atoms with van der Waals surface area (Å²) in [5.41, 5.74) is 2.20. The summed E-state index contributed by atoms with van der Waals surface area (Å²) in [6.45, 7) is 1.76. The SMILES string of the molecule is O=C(CC1CSCCN1)NCC(=O)N1CCCc2ccccc21. The third-order valence-corrected chi connectivity index (χ3v) is 5.41. The summed E-state index contributed by atoms with van der Waals surface area (Å²) < 4.78 is 0. The Kier molecular flexibility index (Phi) is 5.56. The number of carbonyl (C=O) groups is 2. The number of fused-ring (bicyclic) bond motifs is 1. The van der Waals surface area contributed by atoms with Crippen molar-refractivity contribution < 1.29 is 9.59 Å². The molecule has 124 valence electrons. The Morgan fingerprint density at radius 3 is 3.04 bits per heavy atom. The van der Waals surface area contributed by atoms with Crippen LogP contribution in [0.15, 0.2) is 24.3 Å². The first kappa shape index (κ1) is 16.3. The molecule has 0 aromatic heterocycles. The molecular weight excluding hydrogens is 310 g/mol. The zero-order valence-electron chi connectivity index (χ0n) is 13.2. The number of nitrogens with one attached hydrogen (secondary N) is 2. The smallest absolute Gasteiger partial charge is 0.246 e. The number of hydrogen-bond donors (Lipinski definition) is 2. The van der Waals surface area contributed by atoms with Gasteiger partial charge in [-0.2, -0.15) is 11.8 Å². The average Bonchev–Trinajstić information content (AvgIpc) is 2.60. The van der Waals surface area contributed by atoms with Crippen molar-refractivity contribution in [2.24, 2.45) is 0 Å². The van der Waals surface area contributed by atoms with Crippen LogP contribution in [-0.2, 0) is 16.0 Å². The third kappa shape index (κ3) is 4.26. The maximum Gasteiger partial charge on any atom is 0.246 e. The van der Waals surface area contributed by atoms with E-state index in [4.69, 9.17) is 0 Å². The molecule has 2 N–H and O–H groups in total. The number of anilines is 1. The lowest BCUT2D eigenvalue weighted by Crippen LogP contribution is -2.45. The predicted molar refractivity (Wildman–Crippen MR) is 93.9 cm³/mol. The maximum absolute atomic E-state index is 12.4. The number of para-hydroxylation sites is 1. The van der Waals surface area contributed by atoms with E-state index in [1.807, 2.05) is 30.0 Å². The van der Waals surface area contributed by atoms with Crippen molar-refractivity contribution in [3.05, 3.63) is 29.8 Å². The summed E-state index contributed by atoms with van der Waals surface area (Å²) in [7, 11) is 0. The van der Waals surface area contributed by atoms with Crippen LogP contribution in [0, 0.1) is 0 Å². The summed E-state index contributed by atoms with van der Waals surface area (Å²) >= 11 is 1.87. The lowest BCUT2D eigenvalue weighted by Gasteiger charge is -2.29. The Labute approximate surface area is 141 Å². The number of thioether (sulfide) groups is 1. The number of rotatable bonds is 4. The Morgan fingerprint density at radius 1 is 1.35 bits per heavy atom. The second-order valence-electron chi connectivity index (χ2n) is 5.98. The standard InChI is InChI=1S/C17H23N3O2S/c21-16(10-14-12-23-9-7-18-14)19-11-17(22)20-8-3-5-13-4-1-2-6-15(13)20/h1-2,4,6,14,18H,3,5,7-12H2,(H,19,21). The highest BCUT2D eigenvalue weighted by molar-refractivity contribution is 7.99. The minimum atomic E-state index is -0.0522. The summed E-state index contributed by atoms with van der Waals surface area (Å²) in [6.07, 6.45) is 2.42. The zero-order chi connectivity index (χ0) is 16.1. The molecule has 1 unspecified atom stereocenters. The first-order valence-corrected chi connectivity index (χ1v) is 9.35. The Morgan fingerprint density at radius 2 is 2.22 bits per heavy atom. The zero-order valence-corrected chi connectivity index (χ0v) is 14.0. The quantitative estimate of drug-likeness (QED) is 0.869. The molecule has 5 nitrogen and oxygen atoms in total. The van der Waals surface area contributed by atoms with Crippen molar-refractivity contribution in [3.8, 4) is 0 Å². The minimum absolute atomic E-state index is 0.0310. The van der Waals surface area contributed by atoms with Gasteiger partial charge in [0, 0.05) is 42.7 Å². The van der Waals surface area contributed by atoms with E-state index in [1.54, 1.807) is 4.90 Å². The monoisotopic (exact) mass is 333 g/mol. The van der Waals surface area contributed by atoms with Gasteiger partial charge in [0.05, 0.1) is 6.54 Å². The van der Waals surface area contributed by atoms with Crippen LogP contribution in [0.3, 0.4) is 0 Å². The van der Waals surface area contributed by atoms with Crippen LogP contribution < -0.4 is 15.5 Å². The van der Waals surface area contributed by atoms with Crippen molar-refractivity contribution >= 4 is 29.3 Å². The van der Waals surface area contributed by atoms with E-state index in [1.165, 1.54) is 5.56 Å². The van der Waals surface area contributed by atoms with Crippen LogP contribution in [0.4, 0.5) is 5.69 Å². The largest absolute Gasteiger partial charge is 0.347 e. The van der Waals surface area contributed by atoms with Gasteiger partial charge in [-0.05, 0) is 24.5 Å². The van der Waals surface area contributed by atoms with Crippen LogP contribution in [0.5, 0.6) is 0 Å². The van der Waals surface area contributed by atoms with Crippen LogP contribution >= 0.6 is 11.8 Å². The molecule has 2 aliphatic rings. The number of aryl methyl sites for hydroxylation is 1. The van der Waals surface area contributed by atoms with E-state index >= 15 is 0 Å². The first-order chi connectivity index (χ1) is 11.2. The van der Waals surface area contributed by atoms with Gasteiger partial charge >= 0.3 is 0 Å². The van der Waals surface area contributed by atoms with E-state index in [2.05, 4.69) is 16.7 Å². The lowest BCUT2D eigenvalue weighted by molar-refractivity contribution is -0.125. The summed E-state index contributed by atoms with van der Waals surface area (Å²) in [6, 6.07) is 8.23. The van der Waals surface area contributed by atoms with Crippen molar-refractivity contribution in [2.45, 2.75) is 25.3 Å². The molecule has 0 aliphatic carbocycles. The Bertz CT molecular complexity index is 573. The predicted octanol–water partition coefficient (Wildman–Crippen LogP) is 1.18. The van der Waals surface area contributed by atoms with Gasteiger partial charge in [0.15, 0.2) is 0 Å². The fourth-order valence-corrected chi connectivity index (χ4v) is 4.06. The van der Waals surface area contributed by atoms with Crippen molar-refractivity contribution in [1.82, 2.24) is 10.6 Å². The minimum Gasteiger partial charge on any atom is -0.347 e. The number of carbonyl (C=O) groups excluding carboxylic acids is 2. The van der Waals surface area contributed by atoms with Crippen LogP contribution in [-0.4, -0.2) is 49.0 Å². The van der Waals surface area contributed by atoms with Crippen LogP contribution in [0.1, 0.15) is 18.4 Å². The lowest BCUT2D eigenvalue weighted by atomic mass is 10.0. The topological polar surface area (TPSA) is 61.4 Å². The maximum atomic E-state index is 12.4. The molecule has 0 saturated carbocycles. The van der Waals surface area contributed by atoms with E-state index in [-0.39, 0.29) is 24.4 Å². The molecule has 1 saturated heterocycles. The highest BCUT2D eigenvalue weighted by Gasteiger charge is 2.23. The normalized spacial score (nSPS) is 20.7. The van der Waals surface area contributed by atoms with Crippen molar-refractivity contribution in [1.29, 1.82) is 0 Å². The molecule has 23 heavy (non-hydrogen) atoms. The van der Waals surface area contributed by atoms with Gasteiger partial charge in [0.2, 0.25) is 11.8 Å². The number of amides is 2. The molecule has 2 heterocycles. The van der Waals surface area contributed by atoms with Gasteiger partial charge in [-0.1, -0.05) is 18.2 Å². The molecule has 0 radical (unpaired) electrons. The molecule has 6 heteroatoms. The molecule has 0 spiro atoms. The molecule has 1 aromatic rings. The molecule has 1 aromatic carbocycles. The molecule has 0 bridgehead atoms. The Balaban J connectivity index is 1.50. The highest BCUT2D eigenvalue weighted by Crippen LogP contribution is 2.26. The van der Waals surface area contributed by atoms with E-state index in [9.17, 15) is 9.59 Å². The van der Waals surface area contributed by atoms with E-state index in [0.29, 0.717) is 6.42 Å². The second-order valence-corrected chi connectivity index (χ2v) is 7.13. The van der Waals surface area contributed by atoms with E-state index in [0.717, 1.165) is 43.1 Å². The van der Waals surface area contributed by atoms with Gasteiger partial charge in [-0.25, -0.2) is 0 Å². The van der Waals surface area contributed by atoms with Gasteiger partial charge in [0.1, 0.15) is 0 Å². The Hall–Kier alpha value is -1.53. The van der Waals surface area contributed by atoms with Gasteiger partial charge in [-0.15, -0.1) is 0 Å². The number of hydrogen-bond acceptors (Lipinski definition) is 4. The average molecular weight is 333 g/mol. The number of nitrogens with zero attached hydrogens (tertiary/aromatic N) is 1. The summed E-state index contributed by atoms with van der Waals surface area (Å²) in [5, 5.41) is 6.12. The molecule has 2 aliphatic heterocycles. The molecular formula is C17H23N3O2S. The third-order valence-electron chi connectivity index (χ3n) is 4.28. The first-order valence-electron chi connectivity index (χ1n) is 8.20.